The maximum atomic E-state index is 11.2. The van der Waals surface area contributed by atoms with Crippen LogP contribution >= 0.6 is 11.6 Å². The van der Waals surface area contributed by atoms with Crippen LogP contribution in [0.2, 0.25) is 5.02 Å². The van der Waals surface area contributed by atoms with Crippen LogP contribution < -0.4 is 5.32 Å². The fraction of sp³-hybridized carbons (Fsp3) is 0.176. The molecule has 1 aromatic heterocycles. The second-order valence-corrected chi connectivity index (χ2v) is 5.71. The molecule has 1 heterocycles. The number of aromatic nitrogens is 1. The van der Waals surface area contributed by atoms with E-state index in [0.29, 0.717) is 22.2 Å². The number of fused-ring (bicyclic) bond motifs is 1. The van der Waals surface area contributed by atoms with Crippen LogP contribution in [0.3, 0.4) is 0 Å². The smallest absolute Gasteiger partial charge is 0.228 e. The predicted octanol–water partition coefficient (Wildman–Crippen LogP) is 4.72. The molecule has 0 saturated heterocycles. The Morgan fingerprint density at radius 3 is 2.64 bits per heavy atom. The summed E-state index contributed by atoms with van der Waals surface area (Å²) in [6.45, 7) is 5.52. The van der Waals surface area contributed by atoms with Crippen molar-refractivity contribution in [2.75, 3.05) is 5.32 Å². The van der Waals surface area contributed by atoms with E-state index in [1.54, 1.807) is 18.2 Å². The number of nitrogens with one attached hydrogen (secondary N) is 1. The summed E-state index contributed by atoms with van der Waals surface area (Å²) >= 11 is 6.24. The van der Waals surface area contributed by atoms with Crippen molar-refractivity contribution in [3.8, 4) is 11.5 Å². The molecule has 0 aliphatic carbocycles. The van der Waals surface area contributed by atoms with Gasteiger partial charge < -0.3 is 9.73 Å². The number of amides is 1. The maximum absolute atomic E-state index is 11.2. The third-order valence-electron chi connectivity index (χ3n) is 3.52. The number of halogens is 1. The zero-order chi connectivity index (χ0) is 15.9. The van der Waals surface area contributed by atoms with Crippen molar-refractivity contribution in [2.24, 2.45) is 0 Å². The van der Waals surface area contributed by atoms with Crippen molar-refractivity contribution in [3.63, 3.8) is 0 Å². The fourth-order valence-corrected chi connectivity index (χ4v) is 2.46. The highest BCUT2D eigenvalue weighted by molar-refractivity contribution is 6.33. The molecule has 1 N–H and O–H groups in total. The third-order valence-corrected chi connectivity index (χ3v) is 3.85. The van der Waals surface area contributed by atoms with E-state index in [2.05, 4.69) is 10.3 Å². The predicted molar refractivity (Wildman–Crippen MR) is 88.2 cm³/mol. The number of nitrogens with zero attached hydrogens (tertiary/aromatic N) is 1. The number of hydrogen-bond acceptors (Lipinski definition) is 3. The van der Waals surface area contributed by atoms with Crippen molar-refractivity contribution in [3.05, 3.63) is 46.5 Å². The number of benzene rings is 2. The van der Waals surface area contributed by atoms with E-state index in [0.717, 1.165) is 22.2 Å². The minimum Gasteiger partial charge on any atom is -0.436 e. The molecule has 0 unspecified atom stereocenters. The molecule has 0 saturated carbocycles. The normalized spacial score (nSPS) is 10.9. The van der Waals surface area contributed by atoms with Gasteiger partial charge in [-0.15, -0.1) is 0 Å². The molecular weight excluding hydrogens is 300 g/mol. The van der Waals surface area contributed by atoms with Crippen LogP contribution in [0.15, 0.2) is 34.7 Å². The minimum atomic E-state index is -0.142. The van der Waals surface area contributed by atoms with Gasteiger partial charge in [-0.25, -0.2) is 4.98 Å². The fourth-order valence-electron chi connectivity index (χ4n) is 2.27. The Balaban J connectivity index is 2.12. The SMILES string of the molecule is CC(=O)Nc1ccc(Cl)c(-c2nc3cc(C)c(C)cc3o2)c1. The summed E-state index contributed by atoms with van der Waals surface area (Å²) in [5.41, 5.74) is 5.12. The highest BCUT2D eigenvalue weighted by Crippen LogP contribution is 2.33. The summed E-state index contributed by atoms with van der Waals surface area (Å²) in [6, 6.07) is 9.17. The molecule has 0 bridgehead atoms. The van der Waals surface area contributed by atoms with E-state index < -0.39 is 0 Å². The highest BCUT2D eigenvalue weighted by atomic mass is 35.5. The number of anilines is 1. The van der Waals surface area contributed by atoms with Gasteiger partial charge in [0.2, 0.25) is 11.8 Å². The van der Waals surface area contributed by atoms with Gasteiger partial charge in [-0.05, 0) is 55.3 Å². The Labute approximate surface area is 133 Å². The summed E-state index contributed by atoms with van der Waals surface area (Å²) in [5.74, 6) is 0.300. The molecule has 0 spiro atoms. The van der Waals surface area contributed by atoms with Crippen LogP contribution in [0.1, 0.15) is 18.1 Å². The summed E-state index contributed by atoms with van der Waals surface area (Å²) < 4.78 is 5.82. The number of carbonyl (C=O) groups is 1. The van der Waals surface area contributed by atoms with Gasteiger partial charge in [-0.3, -0.25) is 4.79 Å². The lowest BCUT2D eigenvalue weighted by Gasteiger charge is -2.05. The van der Waals surface area contributed by atoms with Gasteiger partial charge in [0.1, 0.15) is 5.52 Å². The largest absolute Gasteiger partial charge is 0.436 e. The minimum absolute atomic E-state index is 0.142. The monoisotopic (exact) mass is 314 g/mol. The standard InChI is InChI=1S/C17H15ClN2O2/c1-9-6-15-16(7-10(9)2)22-17(20-15)13-8-12(19-11(3)21)4-5-14(13)18/h4-8H,1-3H3,(H,19,21). The Hall–Kier alpha value is -2.33. The molecule has 0 aliphatic rings. The molecule has 0 atom stereocenters. The Morgan fingerprint density at radius 2 is 1.91 bits per heavy atom. The molecule has 2 aromatic carbocycles. The summed E-state index contributed by atoms with van der Waals surface area (Å²) in [7, 11) is 0. The zero-order valence-corrected chi connectivity index (χ0v) is 13.3. The van der Waals surface area contributed by atoms with Gasteiger partial charge >= 0.3 is 0 Å². The molecule has 0 radical (unpaired) electrons. The van der Waals surface area contributed by atoms with Gasteiger partial charge in [0.25, 0.3) is 0 Å². The lowest BCUT2D eigenvalue weighted by molar-refractivity contribution is -0.114. The number of aryl methyl sites for hydroxylation is 2. The van der Waals surface area contributed by atoms with Crippen LogP contribution in [0.5, 0.6) is 0 Å². The van der Waals surface area contributed by atoms with Crippen molar-refractivity contribution < 1.29 is 9.21 Å². The van der Waals surface area contributed by atoms with Crippen LogP contribution in [0, 0.1) is 13.8 Å². The first-order valence-electron chi connectivity index (χ1n) is 6.89. The zero-order valence-electron chi connectivity index (χ0n) is 12.5. The first-order chi connectivity index (χ1) is 10.4. The average Bonchev–Trinajstić information content (AvgIpc) is 2.83. The molecule has 5 heteroatoms. The first kappa shape index (κ1) is 14.6. The first-order valence-corrected chi connectivity index (χ1v) is 7.27. The third kappa shape index (κ3) is 2.70. The average molecular weight is 315 g/mol. The van der Waals surface area contributed by atoms with E-state index >= 15 is 0 Å². The van der Waals surface area contributed by atoms with Crippen molar-refractivity contribution in [1.29, 1.82) is 0 Å². The van der Waals surface area contributed by atoms with Crippen molar-refractivity contribution >= 4 is 34.3 Å². The van der Waals surface area contributed by atoms with Crippen molar-refractivity contribution in [1.82, 2.24) is 4.98 Å². The molecule has 0 fully saturated rings. The molecule has 4 nitrogen and oxygen atoms in total. The van der Waals surface area contributed by atoms with Gasteiger partial charge in [0, 0.05) is 12.6 Å². The number of rotatable bonds is 2. The Bertz CT molecular complexity index is 845. The van der Waals surface area contributed by atoms with E-state index in [9.17, 15) is 4.79 Å². The summed E-state index contributed by atoms with van der Waals surface area (Å²) in [4.78, 5) is 15.7. The molecular formula is C17H15ClN2O2. The molecule has 112 valence electrons. The van der Waals surface area contributed by atoms with Crippen LogP contribution in [0.25, 0.3) is 22.6 Å². The lowest BCUT2D eigenvalue weighted by atomic mass is 10.1. The lowest BCUT2D eigenvalue weighted by Crippen LogP contribution is -2.05. The Morgan fingerprint density at radius 1 is 1.18 bits per heavy atom. The van der Waals surface area contributed by atoms with Crippen LogP contribution in [-0.2, 0) is 4.79 Å². The van der Waals surface area contributed by atoms with E-state index in [1.807, 2.05) is 26.0 Å². The maximum Gasteiger partial charge on any atom is 0.228 e. The molecule has 3 aromatic rings. The van der Waals surface area contributed by atoms with Gasteiger partial charge in [0.15, 0.2) is 5.58 Å². The van der Waals surface area contributed by atoms with E-state index in [-0.39, 0.29) is 5.91 Å². The van der Waals surface area contributed by atoms with Crippen LogP contribution in [0.4, 0.5) is 5.69 Å². The number of carbonyl (C=O) groups excluding carboxylic acids is 1. The highest BCUT2D eigenvalue weighted by Gasteiger charge is 2.13. The quantitative estimate of drug-likeness (QED) is 0.744. The van der Waals surface area contributed by atoms with E-state index in [1.165, 1.54) is 6.92 Å². The summed E-state index contributed by atoms with van der Waals surface area (Å²) in [5, 5.41) is 3.25. The van der Waals surface area contributed by atoms with E-state index in [4.69, 9.17) is 16.0 Å². The van der Waals surface area contributed by atoms with Crippen molar-refractivity contribution in [2.45, 2.75) is 20.8 Å². The molecule has 22 heavy (non-hydrogen) atoms. The second kappa shape index (κ2) is 5.46. The van der Waals surface area contributed by atoms with Crippen LogP contribution in [-0.4, -0.2) is 10.9 Å². The van der Waals surface area contributed by atoms with Gasteiger partial charge in [-0.1, -0.05) is 11.6 Å². The summed E-state index contributed by atoms with van der Waals surface area (Å²) in [6.07, 6.45) is 0. The second-order valence-electron chi connectivity index (χ2n) is 5.30. The van der Waals surface area contributed by atoms with Gasteiger partial charge in [0.05, 0.1) is 10.6 Å². The van der Waals surface area contributed by atoms with Gasteiger partial charge in [-0.2, -0.15) is 0 Å². The molecule has 1 amide bonds. The Kier molecular flexibility index (Phi) is 3.62. The number of hydrogen-bond donors (Lipinski definition) is 1. The molecule has 0 aliphatic heterocycles. The topological polar surface area (TPSA) is 55.1 Å². The number of oxazole rings is 1. The molecule has 3 rings (SSSR count).